The van der Waals surface area contributed by atoms with E-state index < -0.39 is 5.97 Å². The van der Waals surface area contributed by atoms with Gasteiger partial charge in [0, 0.05) is 10.4 Å². The first kappa shape index (κ1) is 27.0. The lowest BCUT2D eigenvalue weighted by atomic mass is 9.72. The Labute approximate surface area is 235 Å². The van der Waals surface area contributed by atoms with Crippen molar-refractivity contribution in [2.75, 3.05) is 0 Å². The molecule has 0 unspecified atom stereocenters. The molecule has 3 aromatic heterocycles. The molecule has 2 N–H and O–H groups in total. The summed E-state index contributed by atoms with van der Waals surface area (Å²) >= 11 is 7.86. The fourth-order valence-corrected chi connectivity index (χ4v) is 6.32. The normalized spacial score (nSPS) is 15.4. The summed E-state index contributed by atoms with van der Waals surface area (Å²) in [5.41, 5.74) is 2.45. The highest BCUT2D eigenvalue weighted by molar-refractivity contribution is 7.16. The van der Waals surface area contributed by atoms with Gasteiger partial charge in [0.1, 0.15) is 22.3 Å². The second-order valence-corrected chi connectivity index (χ2v) is 12.2. The highest BCUT2D eigenvalue weighted by Gasteiger charge is 2.33. The van der Waals surface area contributed by atoms with Crippen molar-refractivity contribution >= 4 is 46.0 Å². The summed E-state index contributed by atoms with van der Waals surface area (Å²) in [6.45, 7) is 7.08. The van der Waals surface area contributed by atoms with Crippen LogP contribution in [0.3, 0.4) is 0 Å². The van der Waals surface area contributed by atoms with Crippen LogP contribution < -0.4 is 5.32 Å². The zero-order valence-corrected chi connectivity index (χ0v) is 23.5. The van der Waals surface area contributed by atoms with Crippen molar-refractivity contribution in [3.8, 4) is 11.3 Å². The smallest absolute Gasteiger partial charge is 0.335 e. The van der Waals surface area contributed by atoms with E-state index in [1.165, 1.54) is 23.1 Å². The predicted octanol–water partition coefficient (Wildman–Crippen LogP) is 7.78. The van der Waals surface area contributed by atoms with E-state index in [2.05, 4.69) is 26.1 Å². The van der Waals surface area contributed by atoms with E-state index in [9.17, 15) is 14.7 Å². The van der Waals surface area contributed by atoms with Gasteiger partial charge in [-0.05, 0) is 78.6 Å². The minimum atomic E-state index is -1.05. The summed E-state index contributed by atoms with van der Waals surface area (Å²) in [4.78, 5) is 30.7. The van der Waals surface area contributed by atoms with Crippen LogP contribution in [0.4, 0.5) is 5.00 Å². The first-order valence-corrected chi connectivity index (χ1v) is 13.9. The van der Waals surface area contributed by atoms with Crippen molar-refractivity contribution in [1.82, 2.24) is 5.32 Å². The zero-order valence-electron chi connectivity index (χ0n) is 21.9. The number of thiophene rings is 1. The second kappa shape index (κ2) is 10.9. The molecule has 4 aromatic rings. The Morgan fingerprint density at radius 3 is 2.77 bits per heavy atom. The Morgan fingerprint density at radius 1 is 1.23 bits per heavy atom. The van der Waals surface area contributed by atoms with Crippen LogP contribution in [0.2, 0.25) is 5.02 Å². The van der Waals surface area contributed by atoms with Crippen LogP contribution in [-0.2, 0) is 19.4 Å². The van der Waals surface area contributed by atoms with Gasteiger partial charge in [-0.3, -0.25) is 4.79 Å². The molecule has 0 spiro atoms. The van der Waals surface area contributed by atoms with Gasteiger partial charge >= 0.3 is 5.97 Å². The third kappa shape index (κ3) is 5.87. The number of carbonyl (C=O) groups is 2. The van der Waals surface area contributed by atoms with Gasteiger partial charge in [0.05, 0.1) is 35.2 Å². The fraction of sp³-hybridized carbons (Fsp3) is 0.300. The van der Waals surface area contributed by atoms with E-state index in [4.69, 9.17) is 25.4 Å². The number of hydrogen-bond donors (Lipinski definition) is 2. The van der Waals surface area contributed by atoms with Crippen molar-refractivity contribution < 1.29 is 23.5 Å². The zero-order chi connectivity index (χ0) is 27.7. The Bertz CT molecular complexity index is 1540. The van der Waals surface area contributed by atoms with Gasteiger partial charge in [0.15, 0.2) is 0 Å². The van der Waals surface area contributed by atoms with Crippen LogP contribution in [0, 0.1) is 11.3 Å². The molecule has 7 nitrogen and oxygen atoms in total. The molecule has 1 aliphatic rings. The van der Waals surface area contributed by atoms with Gasteiger partial charge in [0.25, 0.3) is 5.91 Å². The maximum Gasteiger partial charge on any atom is 0.335 e. The lowest BCUT2D eigenvalue weighted by Crippen LogP contribution is -2.28. The summed E-state index contributed by atoms with van der Waals surface area (Å²) in [6.07, 6.45) is 5.93. The first-order chi connectivity index (χ1) is 18.6. The molecular weight excluding hydrogens is 536 g/mol. The topological polar surface area (TPSA) is 105 Å². The standard InChI is InChI=1S/C30H29ClN2O5S/c1-30(2,3)18-7-9-21-25(14-18)39-28(26(21)27(34)32-15-19-5-4-12-37-19)33-16-20-8-11-24(38-20)22-13-17(29(35)36)6-10-23(22)31/h4-6,8,10-13,16,18H,7,9,14-15H2,1-3H3,(H,32,34)(H,35,36)/t18-/m1/s1. The molecule has 0 saturated heterocycles. The molecule has 0 aliphatic heterocycles. The number of carbonyl (C=O) groups excluding carboxylic acids is 1. The molecule has 0 bridgehead atoms. The minimum absolute atomic E-state index is 0.115. The number of furan rings is 2. The largest absolute Gasteiger partial charge is 0.478 e. The molecule has 9 heteroatoms. The lowest BCUT2D eigenvalue weighted by Gasteiger charge is -2.33. The fourth-order valence-electron chi connectivity index (χ4n) is 4.84. The molecule has 39 heavy (non-hydrogen) atoms. The number of benzene rings is 1. The number of halogens is 1. The second-order valence-electron chi connectivity index (χ2n) is 10.7. The Morgan fingerprint density at radius 2 is 2.05 bits per heavy atom. The van der Waals surface area contributed by atoms with Crippen LogP contribution in [0.5, 0.6) is 0 Å². The maximum atomic E-state index is 13.4. The van der Waals surface area contributed by atoms with Crippen LogP contribution in [0.15, 0.2) is 62.6 Å². The number of hydrogen-bond acceptors (Lipinski definition) is 6. The molecular formula is C30H29ClN2O5S. The van der Waals surface area contributed by atoms with E-state index in [0.717, 1.165) is 24.8 Å². The van der Waals surface area contributed by atoms with Gasteiger partial charge in [-0.1, -0.05) is 32.4 Å². The molecule has 0 radical (unpaired) electrons. The highest BCUT2D eigenvalue weighted by Crippen LogP contribution is 2.45. The number of rotatable bonds is 7. The summed E-state index contributed by atoms with van der Waals surface area (Å²) < 4.78 is 11.3. The van der Waals surface area contributed by atoms with E-state index >= 15 is 0 Å². The Kier molecular flexibility index (Phi) is 7.51. The summed E-state index contributed by atoms with van der Waals surface area (Å²) in [5, 5.41) is 13.3. The maximum absolute atomic E-state index is 13.4. The van der Waals surface area contributed by atoms with Crippen molar-refractivity contribution in [3.05, 3.63) is 86.8 Å². The minimum Gasteiger partial charge on any atom is -0.478 e. The number of fused-ring (bicyclic) bond motifs is 1. The number of aliphatic imine (C=N–C) groups is 1. The molecule has 3 heterocycles. The Balaban J connectivity index is 1.44. The van der Waals surface area contributed by atoms with Crippen molar-refractivity contribution in [2.45, 2.75) is 46.6 Å². The molecule has 5 rings (SSSR count). The number of nitrogens with zero attached hydrogens (tertiary/aromatic N) is 1. The van der Waals surface area contributed by atoms with Crippen molar-refractivity contribution in [2.24, 2.45) is 16.3 Å². The van der Waals surface area contributed by atoms with Gasteiger partial charge in [-0.2, -0.15) is 0 Å². The summed E-state index contributed by atoms with van der Waals surface area (Å²) in [6, 6.07) is 11.5. The molecule has 1 amide bonds. The van der Waals surface area contributed by atoms with Gasteiger partial charge in [-0.25, -0.2) is 9.79 Å². The molecule has 0 fully saturated rings. The summed E-state index contributed by atoms with van der Waals surface area (Å²) in [5.74, 6) is 0.872. The number of amides is 1. The van der Waals surface area contributed by atoms with Crippen LogP contribution in [0.1, 0.15) is 69.9 Å². The lowest BCUT2D eigenvalue weighted by molar-refractivity contribution is 0.0696. The number of carboxylic acid groups (broad SMARTS) is 1. The Hall–Kier alpha value is -3.62. The summed E-state index contributed by atoms with van der Waals surface area (Å²) in [7, 11) is 0. The van der Waals surface area contributed by atoms with Crippen LogP contribution in [0.25, 0.3) is 11.3 Å². The van der Waals surface area contributed by atoms with Gasteiger partial charge < -0.3 is 19.3 Å². The average molecular weight is 565 g/mol. The third-order valence-electron chi connectivity index (χ3n) is 7.12. The van der Waals surface area contributed by atoms with E-state index in [1.54, 1.807) is 42.0 Å². The monoisotopic (exact) mass is 564 g/mol. The van der Waals surface area contributed by atoms with Crippen LogP contribution >= 0.6 is 22.9 Å². The quantitative estimate of drug-likeness (QED) is 0.223. The number of aromatic carboxylic acids is 1. The molecule has 1 aromatic carbocycles. The SMILES string of the molecule is CC(C)(C)[C@@H]1CCc2c(sc(N=Cc3ccc(-c4cc(C(=O)O)ccc4Cl)o3)c2C(=O)NCc2ccco2)C1. The molecule has 202 valence electrons. The molecule has 1 aliphatic carbocycles. The highest BCUT2D eigenvalue weighted by atomic mass is 35.5. The van der Waals surface area contributed by atoms with Gasteiger partial charge in [0.2, 0.25) is 0 Å². The first-order valence-electron chi connectivity index (χ1n) is 12.7. The van der Waals surface area contributed by atoms with Crippen molar-refractivity contribution in [3.63, 3.8) is 0 Å². The van der Waals surface area contributed by atoms with E-state index in [0.29, 0.717) is 50.9 Å². The average Bonchev–Trinajstić information content (AvgIpc) is 3.65. The van der Waals surface area contributed by atoms with Crippen molar-refractivity contribution in [1.29, 1.82) is 0 Å². The van der Waals surface area contributed by atoms with Crippen LogP contribution in [-0.4, -0.2) is 23.2 Å². The molecule has 0 saturated carbocycles. The number of nitrogens with one attached hydrogen (secondary N) is 1. The number of carboxylic acids is 1. The van der Waals surface area contributed by atoms with E-state index in [-0.39, 0.29) is 16.9 Å². The predicted molar refractivity (Wildman–Crippen MR) is 153 cm³/mol. The van der Waals surface area contributed by atoms with Gasteiger partial charge in [-0.15, -0.1) is 11.3 Å². The molecule has 1 atom stereocenters. The van der Waals surface area contributed by atoms with E-state index in [1.807, 2.05) is 6.07 Å². The third-order valence-corrected chi connectivity index (χ3v) is 8.61.